The molecule has 0 unspecified atom stereocenters. The first kappa shape index (κ1) is 12.7. The molecule has 104 valence electrons. The van der Waals surface area contributed by atoms with Crippen LogP contribution in [0.2, 0.25) is 0 Å². The fraction of sp³-hybridized carbons (Fsp3) is 0.357. The number of hydrogen-bond donors (Lipinski definition) is 1. The minimum absolute atomic E-state index is 0.160. The lowest BCUT2D eigenvalue weighted by atomic mass is 10.1. The van der Waals surface area contributed by atoms with Crippen LogP contribution in [0.4, 0.5) is 10.5 Å². The molecule has 0 radical (unpaired) electrons. The van der Waals surface area contributed by atoms with Crippen LogP contribution in [-0.2, 0) is 0 Å². The molecule has 1 aromatic rings. The van der Waals surface area contributed by atoms with E-state index in [0.29, 0.717) is 16.8 Å². The van der Waals surface area contributed by atoms with Crippen molar-refractivity contribution < 1.29 is 14.4 Å². The largest absolute Gasteiger partial charge is 0.325 e. The Morgan fingerprint density at radius 1 is 1.10 bits per heavy atom. The number of likely N-dealkylation sites (tertiary alicyclic amines) is 1. The van der Waals surface area contributed by atoms with Gasteiger partial charge in [0.1, 0.15) is 0 Å². The molecule has 2 aliphatic heterocycles. The number of rotatable bonds is 1. The molecule has 0 saturated carbocycles. The zero-order valence-electron chi connectivity index (χ0n) is 11.2. The summed E-state index contributed by atoms with van der Waals surface area (Å²) in [7, 11) is 1.45. The molecule has 0 atom stereocenters. The number of nitrogens with zero attached hydrogens (tertiary/aromatic N) is 2. The van der Waals surface area contributed by atoms with Gasteiger partial charge in [-0.15, -0.1) is 0 Å². The summed E-state index contributed by atoms with van der Waals surface area (Å²) in [4.78, 5) is 38.4. The Bertz CT molecular complexity index is 606. The molecule has 1 fully saturated rings. The molecule has 3 rings (SSSR count). The number of hydrogen-bond acceptors (Lipinski definition) is 3. The molecule has 6 nitrogen and oxygen atoms in total. The quantitative estimate of drug-likeness (QED) is 0.789. The fourth-order valence-electron chi connectivity index (χ4n) is 2.56. The molecule has 0 bridgehead atoms. The molecule has 2 aliphatic rings. The fourth-order valence-corrected chi connectivity index (χ4v) is 2.56. The van der Waals surface area contributed by atoms with Crippen LogP contribution in [-0.4, -0.2) is 47.8 Å². The van der Waals surface area contributed by atoms with E-state index in [-0.39, 0.29) is 17.8 Å². The number of carbonyl (C=O) groups is 3. The van der Waals surface area contributed by atoms with Gasteiger partial charge in [0, 0.05) is 25.8 Å². The molecule has 6 heteroatoms. The third-order valence-electron chi connectivity index (χ3n) is 3.73. The van der Waals surface area contributed by atoms with Gasteiger partial charge in [0.15, 0.2) is 0 Å². The van der Waals surface area contributed by atoms with Crippen molar-refractivity contribution >= 4 is 23.5 Å². The molecule has 1 aromatic carbocycles. The van der Waals surface area contributed by atoms with Crippen molar-refractivity contribution in [1.82, 2.24) is 9.80 Å². The summed E-state index contributed by atoms with van der Waals surface area (Å²) >= 11 is 0. The molecule has 1 saturated heterocycles. The van der Waals surface area contributed by atoms with Crippen LogP contribution >= 0.6 is 0 Å². The van der Waals surface area contributed by atoms with Gasteiger partial charge in [-0.1, -0.05) is 0 Å². The second-order valence-electron chi connectivity index (χ2n) is 5.05. The van der Waals surface area contributed by atoms with Gasteiger partial charge in [-0.05, 0) is 31.0 Å². The predicted octanol–water partition coefficient (Wildman–Crippen LogP) is 1.54. The van der Waals surface area contributed by atoms with Gasteiger partial charge >= 0.3 is 6.03 Å². The van der Waals surface area contributed by atoms with E-state index in [2.05, 4.69) is 5.32 Å². The molecule has 1 N–H and O–H groups in total. The Morgan fingerprint density at radius 2 is 1.75 bits per heavy atom. The Balaban J connectivity index is 1.81. The number of fused-ring (bicyclic) bond motifs is 1. The van der Waals surface area contributed by atoms with E-state index in [1.165, 1.54) is 7.05 Å². The highest BCUT2D eigenvalue weighted by Crippen LogP contribution is 2.25. The number of benzene rings is 1. The summed E-state index contributed by atoms with van der Waals surface area (Å²) < 4.78 is 0. The van der Waals surface area contributed by atoms with Gasteiger partial charge in [-0.3, -0.25) is 14.5 Å². The summed E-state index contributed by atoms with van der Waals surface area (Å²) in [6, 6.07) is 4.63. The van der Waals surface area contributed by atoms with Gasteiger partial charge in [-0.25, -0.2) is 4.79 Å². The van der Waals surface area contributed by atoms with Crippen LogP contribution in [0.3, 0.4) is 0 Å². The smallest absolute Gasteiger partial charge is 0.321 e. The van der Waals surface area contributed by atoms with Crippen molar-refractivity contribution in [2.24, 2.45) is 0 Å². The predicted molar refractivity (Wildman–Crippen MR) is 72.7 cm³/mol. The van der Waals surface area contributed by atoms with Crippen molar-refractivity contribution in [3.8, 4) is 0 Å². The lowest BCUT2D eigenvalue weighted by Crippen LogP contribution is -2.32. The van der Waals surface area contributed by atoms with E-state index in [0.717, 1.165) is 30.8 Å². The maximum absolute atomic E-state index is 12.0. The lowest BCUT2D eigenvalue weighted by molar-refractivity contribution is 0.0693. The third kappa shape index (κ3) is 1.93. The summed E-state index contributed by atoms with van der Waals surface area (Å²) in [6.45, 7) is 1.52. The zero-order chi connectivity index (χ0) is 14.3. The molecule has 20 heavy (non-hydrogen) atoms. The average Bonchev–Trinajstić information content (AvgIpc) is 3.04. The number of amides is 4. The van der Waals surface area contributed by atoms with Gasteiger partial charge in [0.2, 0.25) is 0 Å². The van der Waals surface area contributed by atoms with Crippen molar-refractivity contribution in [3.63, 3.8) is 0 Å². The zero-order valence-corrected chi connectivity index (χ0v) is 11.2. The first-order chi connectivity index (χ1) is 9.58. The Morgan fingerprint density at radius 3 is 2.45 bits per heavy atom. The topological polar surface area (TPSA) is 69.7 Å². The highest BCUT2D eigenvalue weighted by molar-refractivity contribution is 6.21. The SMILES string of the molecule is CN1C(=O)c2ccc(NC(=O)N3CCCC3)cc2C1=O. The van der Waals surface area contributed by atoms with E-state index in [9.17, 15) is 14.4 Å². The Labute approximate surface area is 116 Å². The molecule has 0 aliphatic carbocycles. The summed E-state index contributed by atoms with van der Waals surface area (Å²) in [5.74, 6) is -0.635. The first-order valence-corrected chi connectivity index (χ1v) is 6.60. The van der Waals surface area contributed by atoms with Crippen LogP contribution in [0.5, 0.6) is 0 Å². The van der Waals surface area contributed by atoms with Crippen molar-refractivity contribution in [2.75, 3.05) is 25.5 Å². The average molecular weight is 273 g/mol. The first-order valence-electron chi connectivity index (χ1n) is 6.60. The minimum atomic E-state index is -0.331. The van der Waals surface area contributed by atoms with Crippen LogP contribution < -0.4 is 5.32 Å². The highest BCUT2D eigenvalue weighted by atomic mass is 16.2. The highest BCUT2D eigenvalue weighted by Gasteiger charge is 2.32. The Hall–Kier alpha value is -2.37. The summed E-state index contributed by atoms with van der Waals surface area (Å²) in [5.41, 5.74) is 1.27. The molecule has 2 heterocycles. The number of nitrogens with one attached hydrogen (secondary N) is 1. The molecular weight excluding hydrogens is 258 g/mol. The summed E-state index contributed by atoms with van der Waals surface area (Å²) in [6.07, 6.45) is 2.05. The van der Waals surface area contributed by atoms with Crippen molar-refractivity contribution in [3.05, 3.63) is 29.3 Å². The Kier molecular flexibility index (Phi) is 2.93. The van der Waals surface area contributed by atoms with Crippen LogP contribution in [0, 0.1) is 0 Å². The number of urea groups is 1. The molecular formula is C14H15N3O3. The summed E-state index contributed by atoms with van der Waals surface area (Å²) in [5, 5.41) is 2.77. The van der Waals surface area contributed by atoms with E-state index in [1.54, 1.807) is 23.1 Å². The van der Waals surface area contributed by atoms with Crippen molar-refractivity contribution in [2.45, 2.75) is 12.8 Å². The van der Waals surface area contributed by atoms with Crippen LogP contribution in [0.25, 0.3) is 0 Å². The second-order valence-corrected chi connectivity index (χ2v) is 5.05. The van der Waals surface area contributed by atoms with E-state index in [1.807, 2.05) is 0 Å². The molecule has 0 spiro atoms. The standard InChI is InChI=1S/C14H15N3O3/c1-16-12(18)10-5-4-9(8-11(10)13(16)19)15-14(20)17-6-2-3-7-17/h4-5,8H,2-3,6-7H2,1H3,(H,15,20). The van der Waals surface area contributed by atoms with Crippen LogP contribution in [0.15, 0.2) is 18.2 Å². The van der Waals surface area contributed by atoms with Gasteiger partial charge < -0.3 is 10.2 Å². The van der Waals surface area contributed by atoms with Gasteiger partial charge in [-0.2, -0.15) is 0 Å². The number of anilines is 1. The van der Waals surface area contributed by atoms with E-state index < -0.39 is 0 Å². The third-order valence-corrected chi connectivity index (χ3v) is 3.73. The monoisotopic (exact) mass is 273 g/mol. The van der Waals surface area contributed by atoms with Gasteiger partial charge in [0.25, 0.3) is 11.8 Å². The maximum atomic E-state index is 12.0. The second kappa shape index (κ2) is 4.63. The number of carbonyl (C=O) groups excluding carboxylic acids is 3. The normalized spacial score (nSPS) is 17.6. The van der Waals surface area contributed by atoms with Crippen molar-refractivity contribution in [1.29, 1.82) is 0 Å². The van der Waals surface area contributed by atoms with Gasteiger partial charge in [0.05, 0.1) is 11.1 Å². The number of imide groups is 1. The molecule has 0 aromatic heterocycles. The minimum Gasteiger partial charge on any atom is -0.325 e. The molecule has 4 amide bonds. The van der Waals surface area contributed by atoms with Crippen LogP contribution in [0.1, 0.15) is 33.6 Å². The van der Waals surface area contributed by atoms with E-state index in [4.69, 9.17) is 0 Å². The van der Waals surface area contributed by atoms with E-state index >= 15 is 0 Å². The maximum Gasteiger partial charge on any atom is 0.321 e. The lowest BCUT2D eigenvalue weighted by Gasteiger charge is -2.16.